The molecule has 2 heterocycles. The van der Waals surface area contributed by atoms with Crippen LogP contribution in [0.25, 0.3) is 6.08 Å². The van der Waals surface area contributed by atoms with Crippen LogP contribution in [-0.4, -0.2) is 15.7 Å². The molecule has 2 aromatic heterocycles. The monoisotopic (exact) mass is 287 g/mol. The maximum absolute atomic E-state index is 12.0. The highest BCUT2D eigenvalue weighted by Crippen LogP contribution is 2.16. The number of nitrogens with one attached hydrogen (secondary N) is 1. The first-order valence-electron chi connectivity index (χ1n) is 6.93. The zero-order valence-corrected chi connectivity index (χ0v) is 13.1. The first-order valence-corrected chi connectivity index (χ1v) is 6.93. The zero-order valence-electron chi connectivity index (χ0n) is 13.1. The number of nitrogens with zero attached hydrogens (tertiary/aromatic N) is 2. The Kier molecular flexibility index (Phi) is 4.31. The molecule has 0 aliphatic rings. The normalized spacial score (nSPS) is 12.8. The van der Waals surface area contributed by atoms with Gasteiger partial charge in [0.15, 0.2) is 0 Å². The summed E-state index contributed by atoms with van der Waals surface area (Å²) >= 11 is 0. The van der Waals surface area contributed by atoms with E-state index in [-0.39, 0.29) is 11.9 Å². The maximum Gasteiger partial charge on any atom is 0.244 e. The smallest absolute Gasteiger partial charge is 0.244 e. The summed E-state index contributed by atoms with van der Waals surface area (Å²) in [5.74, 6) is 1.44. The molecular formula is C16H21N3O2. The molecule has 0 bridgehead atoms. The van der Waals surface area contributed by atoms with Gasteiger partial charge < -0.3 is 9.73 Å². The molecule has 5 nitrogen and oxygen atoms in total. The van der Waals surface area contributed by atoms with Gasteiger partial charge in [0, 0.05) is 24.4 Å². The number of hydrogen-bond donors (Lipinski definition) is 1. The molecule has 1 N–H and O–H groups in total. The van der Waals surface area contributed by atoms with E-state index < -0.39 is 0 Å². The van der Waals surface area contributed by atoms with Crippen LogP contribution in [0.15, 0.2) is 22.6 Å². The van der Waals surface area contributed by atoms with Crippen molar-refractivity contribution in [3.8, 4) is 0 Å². The van der Waals surface area contributed by atoms with Crippen LogP contribution in [-0.2, 0) is 11.8 Å². The predicted octanol–water partition coefficient (Wildman–Crippen LogP) is 2.83. The molecular weight excluding hydrogens is 266 g/mol. The molecule has 2 rings (SSSR count). The Balaban J connectivity index is 2.03. The molecule has 1 amide bonds. The largest absolute Gasteiger partial charge is 0.464 e. The third-order valence-corrected chi connectivity index (χ3v) is 3.51. The molecule has 21 heavy (non-hydrogen) atoms. The number of carbonyl (C=O) groups excluding carboxylic acids is 1. The van der Waals surface area contributed by atoms with Gasteiger partial charge >= 0.3 is 0 Å². The quantitative estimate of drug-likeness (QED) is 0.880. The Bertz CT molecular complexity index is 680. The van der Waals surface area contributed by atoms with E-state index in [1.165, 1.54) is 6.08 Å². The zero-order chi connectivity index (χ0) is 15.6. The van der Waals surface area contributed by atoms with Gasteiger partial charge in [0.1, 0.15) is 11.5 Å². The van der Waals surface area contributed by atoms with Crippen molar-refractivity contribution in [2.75, 3.05) is 0 Å². The Hall–Kier alpha value is -2.30. The number of furan rings is 1. The summed E-state index contributed by atoms with van der Waals surface area (Å²) in [5.41, 5.74) is 2.93. The molecule has 1 atom stereocenters. The van der Waals surface area contributed by atoms with Crippen molar-refractivity contribution in [1.29, 1.82) is 0 Å². The number of aromatic nitrogens is 2. The lowest BCUT2D eigenvalue weighted by Crippen LogP contribution is -2.24. The van der Waals surface area contributed by atoms with Crippen molar-refractivity contribution in [2.45, 2.75) is 33.7 Å². The maximum atomic E-state index is 12.0. The average Bonchev–Trinajstić information content (AvgIpc) is 2.94. The lowest BCUT2D eigenvalue weighted by Gasteiger charge is -2.09. The molecule has 0 fully saturated rings. The Morgan fingerprint density at radius 1 is 1.38 bits per heavy atom. The topological polar surface area (TPSA) is 60.1 Å². The second-order valence-electron chi connectivity index (χ2n) is 5.22. The summed E-state index contributed by atoms with van der Waals surface area (Å²) in [7, 11) is 1.89. The van der Waals surface area contributed by atoms with Crippen molar-refractivity contribution < 1.29 is 9.21 Å². The van der Waals surface area contributed by atoms with E-state index in [0.717, 1.165) is 28.5 Å². The van der Waals surface area contributed by atoms with Gasteiger partial charge in [-0.1, -0.05) is 0 Å². The summed E-state index contributed by atoms with van der Waals surface area (Å²) in [6.07, 6.45) is 3.33. The van der Waals surface area contributed by atoms with E-state index in [2.05, 4.69) is 10.4 Å². The summed E-state index contributed by atoms with van der Waals surface area (Å²) in [6.45, 7) is 7.68. The van der Waals surface area contributed by atoms with E-state index in [0.29, 0.717) is 0 Å². The van der Waals surface area contributed by atoms with Crippen molar-refractivity contribution >= 4 is 12.0 Å². The predicted molar refractivity (Wildman–Crippen MR) is 81.7 cm³/mol. The average molecular weight is 287 g/mol. The molecule has 1 unspecified atom stereocenters. The minimum Gasteiger partial charge on any atom is -0.464 e. The highest BCUT2D eigenvalue weighted by Gasteiger charge is 2.11. The molecule has 112 valence electrons. The minimum absolute atomic E-state index is 0.154. The first-order chi connectivity index (χ1) is 9.88. The third-order valence-electron chi connectivity index (χ3n) is 3.51. The van der Waals surface area contributed by atoms with Crippen molar-refractivity contribution in [3.05, 3.63) is 46.7 Å². The first kappa shape index (κ1) is 15.1. The Morgan fingerprint density at radius 3 is 2.62 bits per heavy atom. The van der Waals surface area contributed by atoms with Crippen LogP contribution in [0.3, 0.4) is 0 Å². The van der Waals surface area contributed by atoms with Crippen LogP contribution < -0.4 is 5.32 Å². The summed E-state index contributed by atoms with van der Waals surface area (Å²) in [4.78, 5) is 12.0. The standard InChI is InChI=1S/C16H21N3O2/c1-10-6-8-15(21-10)12(3)17-16(20)9-7-14-11(2)18-19(5)13(14)4/h6-9,12H,1-5H3,(H,17,20)/b9-7+. The van der Waals surface area contributed by atoms with Gasteiger partial charge in [-0.25, -0.2) is 0 Å². The van der Waals surface area contributed by atoms with Crippen LogP contribution >= 0.6 is 0 Å². The van der Waals surface area contributed by atoms with Crippen molar-refractivity contribution in [3.63, 3.8) is 0 Å². The Morgan fingerprint density at radius 2 is 2.10 bits per heavy atom. The van der Waals surface area contributed by atoms with Crippen LogP contribution in [0.5, 0.6) is 0 Å². The van der Waals surface area contributed by atoms with Gasteiger partial charge in [0.25, 0.3) is 0 Å². The van der Waals surface area contributed by atoms with E-state index in [1.54, 1.807) is 10.8 Å². The highest BCUT2D eigenvalue weighted by molar-refractivity contribution is 5.92. The molecule has 0 saturated carbocycles. The number of rotatable bonds is 4. The summed E-state index contributed by atoms with van der Waals surface area (Å²) < 4.78 is 7.31. The van der Waals surface area contributed by atoms with Crippen LogP contribution in [0.1, 0.15) is 41.4 Å². The highest BCUT2D eigenvalue weighted by atomic mass is 16.3. The fourth-order valence-electron chi connectivity index (χ4n) is 2.21. The van der Waals surface area contributed by atoms with Crippen molar-refractivity contribution in [2.24, 2.45) is 7.05 Å². The molecule has 2 aromatic rings. The lowest BCUT2D eigenvalue weighted by molar-refractivity contribution is -0.117. The van der Waals surface area contributed by atoms with E-state index in [1.807, 2.05) is 46.9 Å². The molecule has 0 aliphatic heterocycles. The fraction of sp³-hybridized carbons (Fsp3) is 0.375. The number of aryl methyl sites for hydroxylation is 3. The van der Waals surface area contributed by atoms with Crippen molar-refractivity contribution in [1.82, 2.24) is 15.1 Å². The van der Waals surface area contributed by atoms with Gasteiger partial charge in [-0.05, 0) is 45.9 Å². The SMILES string of the molecule is Cc1ccc(C(C)NC(=O)/C=C/c2c(C)nn(C)c2C)o1. The minimum atomic E-state index is -0.160. The molecule has 0 radical (unpaired) electrons. The second kappa shape index (κ2) is 5.99. The third kappa shape index (κ3) is 3.42. The second-order valence-corrected chi connectivity index (χ2v) is 5.22. The van der Waals surface area contributed by atoms with Crippen LogP contribution in [0, 0.1) is 20.8 Å². The molecule has 0 saturated heterocycles. The summed E-state index contributed by atoms with van der Waals surface area (Å²) in [5, 5.41) is 7.20. The molecule has 5 heteroatoms. The van der Waals surface area contributed by atoms with Gasteiger partial charge in [-0.15, -0.1) is 0 Å². The van der Waals surface area contributed by atoms with Gasteiger partial charge in [-0.3, -0.25) is 9.48 Å². The van der Waals surface area contributed by atoms with Crippen LogP contribution in [0.2, 0.25) is 0 Å². The number of hydrogen-bond acceptors (Lipinski definition) is 3. The van der Waals surface area contributed by atoms with E-state index in [9.17, 15) is 4.79 Å². The fourth-order valence-corrected chi connectivity index (χ4v) is 2.21. The van der Waals surface area contributed by atoms with E-state index >= 15 is 0 Å². The Labute approximate surface area is 124 Å². The molecule has 0 spiro atoms. The van der Waals surface area contributed by atoms with Gasteiger partial charge in [0.05, 0.1) is 11.7 Å². The molecule has 0 aliphatic carbocycles. The van der Waals surface area contributed by atoms with Gasteiger partial charge in [0.2, 0.25) is 5.91 Å². The van der Waals surface area contributed by atoms with E-state index in [4.69, 9.17) is 4.42 Å². The summed E-state index contributed by atoms with van der Waals surface area (Å²) in [6, 6.07) is 3.60. The van der Waals surface area contributed by atoms with Gasteiger partial charge in [-0.2, -0.15) is 5.10 Å². The van der Waals surface area contributed by atoms with Crippen LogP contribution in [0.4, 0.5) is 0 Å². The molecule has 0 aromatic carbocycles. The number of carbonyl (C=O) groups is 1. The lowest BCUT2D eigenvalue weighted by atomic mass is 10.2. The number of amides is 1.